The van der Waals surface area contributed by atoms with Gasteiger partial charge in [0.25, 0.3) is 0 Å². The second-order valence-corrected chi connectivity index (χ2v) is 7.30. The lowest BCUT2D eigenvalue weighted by Gasteiger charge is -2.49. The normalized spacial score (nSPS) is 26.8. The third-order valence-electron chi connectivity index (χ3n) is 4.81. The summed E-state index contributed by atoms with van der Waals surface area (Å²) in [6.45, 7) is 5.64. The summed E-state index contributed by atoms with van der Waals surface area (Å²) < 4.78 is 0. The zero-order valence-electron chi connectivity index (χ0n) is 12.3. The molecule has 2 aliphatic rings. The maximum absolute atomic E-state index is 6.43. The van der Waals surface area contributed by atoms with Crippen LogP contribution in [0.4, 0.5) is 5.69 Å². The molecule has 3 rings (SSSR count). The Bertz CT molecular complexity index is 520. The molecule has 1 aromatic rings. The van der Waals surface area contributed by atoms with E-state index in [0.717, 1.165) is 25.2 Å². The summed E-state index contributed by atoms with van der Waals surface area (Å²) in [5.74, 6) is 0. The quantitative estimate of drug-likeness (QED) is 0.687. The average Bonchev–Trinajstić information content (AvgIpc) is 2.49. The molecular weight excluding hydrogens is 327 g/mol. The Labute approximate surface area is 141 Å². The molecule has 1 aromatic carbocycles. The molecule has 0 N–H and O–H groups in total. The zero-order chi connectivity index (χ0) is 15.0. The number of benzene rings is 1. The van der Waals surface area contributed by atoms with Crippen LogP contribution in [0.2, 0.25) is 15.1 Å². The van der Waals surface area contributed by atoms with E-state index >= 15 is 0 Å². The van der Waals surface area contributed by atoms with Gasteiger partial charge in [-0.15, -0.1) is 0 Å². The summed E-state index contributed by atoms with van der Waals surface area (Å²) in [6, 6.07) is 4.83. The largest absolute Gasteiger partial charge is 0.364 e. The summed E-state index contributed by atoms with van der Waals surface area (Å²) in [5, 5.41) is 1.80. The van der Waals surface area contributed by atoms with Crippen LogP contribution >= 0.6 is 34.8 Å². The van der Waals surface area contributed by atoms with Gasteiger partial charge in [0.05, 0.1) is 20.8 Å². The van der Waals surface area contributed by atoms with Gasteiger partial charge in [-0.25, -0.2) is 0 Å². The van der Waals surface area contributed by atoms with Gasteiger partial charge in [0, 0.05) is 25.2 Å². The van der Waals surface area contributed by atoms with Crippen LogP contribution in [0, 0.1) is 0 Å². The highest BCUT2D eigenvalue weighted by Crippen LogP contribution is 2.38. The Morgan fingerprint density at radius 3 is 2.57 bits per heavy atom. The molecule has 116 valence electrons. The molecule has 2 unspecified atom stereocenters. The van der Waals surface area contributed by atoms with E-state index in [1.807, 2.05) is 6.07 Å². The highest BCUT2D eigenvalue weighted by Gasteiger charge is 2.35. The van der Waals surface area contributed by atoms with Crippen molar-refractivity contribution in [3.05, 3.63) is 27.2 Å². The first-order chi connectivity index (χ1) is 10.1. The van der Waals surface area contributed by atoms with Crippen molar-refractivity contribution in [2.45, 2.75) is 44.7 Å². The van der Waals surface area contributed by atoms with E-state index in [0.29, 0.717) is 27.2 Å². The van der Waals surface area contributed by atoms with Gasteiger partial charge in [0.15, 0.2) is 0 Å². The lowest BCUT2D eigenvalue weighted by Crippen LogP contribution is -2.59. The van der Waals surface area contributed by atoms with Gasteiger partial charge >= 0.3 is 0 Å². The van der Waals surface area contributed by atoms with Crippen LogP contribution in [0.1, 0.15) is 32.6 Å². The minimum atomic E-state index is 0.495. The molecule has 0 spiro atoms. The minimum absolute atomic E-state index is 0.495. The van der Waals surface area contributed by atoms with E-state index in [9.17, 15) is 0 Å². The van der Waals surface area contributed by atoms with Crippen LogP contribution in [0.3, 0.4) is 0 Å². The maximum Gasteiger partial charge on any atom is 0.0655 e. The van der Waals surface area contributed by atoms with Crippen molar-refractivity contribution in [1.29, 1.82) is 0 Å². The first-order valence-corrected chi connectivity index (χ1v) is 8.88. The van der Waals surface area contributed by atoms with Crippen molar-refractivity contribution >= 4 is 40.5 Å². The van der Waals surface area contributed by atoms with E-state index in [4.69, 9.17) is 34.8 Å². The Hall–Kier alpha value is -0.150. The molecule has 0 radical (unpaired) electrons. The monoisotopic (exact) mass is 346 g/mol. The van der Waals surface area contributed by atoms with E-state index in [2.05, 4.69) is 16.7 Å². The van der Waals surface area contributed by atoms with E-state index in [-0.39, 0.29) is 0 Å². The fraction of sp³-hybridized carbons (Fsp3) is 0.625. The summed E-state index contributed by atoms with van der Waals surface area (Å²) >= 11 is 18.7. The number of rotatable bonds is 2. The zero-order valence-corrected chi connectivity index (χ0v) is 14.6. The number of piperazine rings is 1. The molecule has 21 heavy (non-hydrogen) atoms. The highest BCUT2D eigenvalue weighted by atomic mass is 35.5. The lowest BCUT2D eigenvalue weighted by molar-refractivity contribution is 0.111. The van der Waals surface area contributed by atoms with E-state index < -0.39 is 0 Å². The molecule has 0 aliphatic carbocycles. The molecule has 2 saturated heterocycles. The van der Waals surface area contributed by atoms with Crippen molar-refractivity contribution < 1.29 is 0 Å². The van der Waals surface area contributed by atoms with Gasteiger partial charge in [-0.3, -0.25) is 4.90 Å². The Morgan fingerprint density at radius 2 is 1.81 bits per heavy atom. The number of hydrogen-bond acceptors (Lipinski definition) is 2. The molecule has 0 amide bonds. The number of nitrogens with zero attached hydrogens (tertiary/aromatic N) is 2. The van der Waals surface area contributed by atoms with Crippen LogP contribution in [0.15, 0.2) is 12.1 Å². The molecule has 2 atom stereocenters. The fourth-order valence-corrected chi connectivity index (χ4v) is 4.28. The molecular formula is C16H21Cl3N2. The maximum atomic E-state index is 6.43. The number of fused-ring (bicyclic) bond motifs is 1. The van der Waals surface area contributed by atoms with Gasteiger partial charge in [0.1, 0.15) is 0 Å². The second kappa shape index (κ2) is 6.54. The van der Waals surface area contributed by atoms with Crippen molar-refractivity contribution in [3.8, 4) is 0 Å². The van der Waals surface area contributed by atoms with Crippen LogP contribution in [0.5, 0.6) is 0 Å². The van der Waals surface area contributed by atoms with Crippen molar-refractivity contribution in [1.82, 2.24) is 4.90 Å². The second-order valence-electron chi connectivity index (χ2n) is 6.08. The van der Waals surface area contributed by atoms with Gasteiger partial charge < -0.3 is 4.90 Å². The first-order valence-electron chi connectivity index (χ1n) is 7.75. The molecule has 2 aliphatic heterocycles. The third-order valence-corrected chi connectivity index (χ3v) is 5.84. The predicted molar refractivity (Wildman–Crippen MR) is 92.1 cm³/mol. The summed E-state index contributed by atoms with van der Waals surface area (Å²) in [7, 11) is 0. The molecule has 0 aromatic heterocycles. The molecule has 2 fully saturated rings. The SMILES string of the molecule is CCC1CN2CCCCC2CN1c1cc(Cl)c(Cl)cc1Cl. The van der Waals surface area contributed by atoms with Crippen LogP contribution in [-0.2, 0) is 0 Å². The van der Waals surface area contributed by atoms with Crippen LogP contribution < -0.4 is 4.90 Å². The standard InChI is InChI=1S/C16H21Cl3N2/c1-2-11-9-20-6-4-3-5-12(20)10-21(11)16-8-14(18)13(17)7-15(16)19/h7-8,11-12H,2-6,9-10H2,1H3. The molecule has 5 heteroatoms. The smallest absolute Gasteiger partial charge is 0.0655 e. The first kappa shape index (κ1) is 15.7. The molecule has 2 heterocycles. The number of anilines is 1. The number of piperidine rings is 1. The molecule has 0 saturated carbocycles. The molecule has 2 nitrogen and oxygen atoms in total. The average molecular weight is 348 g/mol. The van der Waals surface area contributed by atoms with Gasteiger partial charge in [-0.1, -0.05) is 48.1 Å². The topological polar surface area (TPSA) is 6.48 Å². The summed E-state index contributed by atoms with van der Waals surface area (Å²) in [6.07, 6.45) is 5.06. The van der Waals surface area contributed by atoms with E-state index in [1.165, 1.54) is 25.8 Å². The van der Waals surface area contributed by atoms with Crippen molar-refractivity contribution in [2.24, 2.45) is 0 Å². The van der Waals surface area contributed by atoms with Gasteiger partial charge in [-0.2, -0.15) is 0 Å². The number of hydrogen-bond donors (Lipinski definition) is 0. The Kier molecular flexibility index (Phi) is 4.90. The Balaban J connectivity index is 1.90. The van der Waals surface area contributed by atoms with Crippen LogP contribution in [-0.4, -0.2) is 36.6 Å². The van der Waals surface area contributed by atoms with Crippen molar-refractivity contribution in [3.63, 3.8) is 0 Å². The van der Waals surface area contributed by atoms with Gasteiger partial charge in [0.2, 0.25) is 0 Å². The van der Waals surface area contributed by atoms with Gasteiger partial charge in [-0.05, 0) is 37.9 Å². The van der Waals surface area contributed by atoms with E-state index in [1.54, 1.807) is 6.07 Å². The Morgan fingerprint density at radius 1 is 1.05 bits per heavy atom. The third kappa shape index (κ3) is 3.14. The number of halogens is 3. The predicted octanol–water partition coefficient (Wildman–Crippen LogP) is 5.10. The highest BCUT2D eigenvalue weighted by molar-refractivity contribution is 6.44. The molecule has 0 bridgehead atoms. The summed E-state index contributed by atoms with van der Waals surface area (Å²) in [5.41, 5.74) is 1.03. The summed E-state index contributed by atoms with van der Waals surface area (Å²) in [4.78, 5) is 5.09. The fourth-order valence-electron chi connectivity index (χ4n) is 3.63. The van der Waals surface area contributed by atoms with Crippen LogP contribution in [0.25, 0.3) is 0 Å². The van der Waals surface area contributed by atoms with Crippen molar-refractivity contribution in [2.75, 3.05) is 24.5 Å². The lowest BCUT2D eigenvalue weighted by atomic mass is 9.95. The minimum Gasteiger partial charge on any atom is -0.364 e.